The number of carbonyl (C=O) groups excluding carboxylic acids is 1. The second kappa shape index (κ2) is 9.49. The molecule has 0 unspecified atom stereocenters. The molecular formula is C26H28N2O2. The summed E-state index contributed by atoms with van der Waals surface area (Å²) >= 11 is 0. The van der Waals surface area contributed by atoms with Crippen molar-refractivity contribution in [3.05, 3.63) is 95.1 Å². The summed E-state index contributed by atoms with van der Waals surface area (Å²) in [4.78, 5) is 14.8. The number of nitrogens with one attached hydrogen (secondary N) is 1. The number of nitrogens with zero attached hydrogens (tertiary/aromatic N) is 1. The zero-order valence-electron chi connectivity index (χ0n) is 17.4. The number of anilines is 1. The number of para-hydroxylation sites is 2. The van der Waals surface area contributed by atoms with Crippen molar-refractivity contribution in [2.45, 2.75) is 26.3 Å². The zero-order chi connectivity index (χ0) is 20.8. The third-order valence-corrected chi connectivity index (χ3v) is 5.53. The summed E-state index contributed by atoms with van der Waals surface area (Å²) in [7, 11) is 0. The van der Waals surface area contributed by atoms with Crippen LogP contribution in [0.4, 0.5) is 5.69 Å². The van der Waals surface area contributed by atoms with Crippen molar-refractivity contribution in [1.82, 2.24) is 5.32 Å². The second-order valence-electron chi connectivity index (χ2n) is 7.72. The first-order chi connectivity index (χ1) is 14.7. The van der Waals surface area contributed by atoms with Gasteiger partial charge in [-0.15, -0.1) is 0 Å². The molecule has 4 rings (SSSR count). The molecule has 1 aliphatic heterocycles. The van der Waals surface area contributed by atoms with Gasteiger partial charge in [-0.25, -0.2) is 0 Å². The number of fused-ring (bicyclic) bond motifs is 1. The first kappa shape index (κ1) is 20.0. The maximum atomic E-state index is 12.4. The van der Waals surface area contributed by atoms with Crippen LogP contribution in [0.5, 0.6) is 5.75 Å². The largest absolute Gasteiger partial charge is 0.491 e. The summed E-state index contributed by atoms with van der Waals surface area (Å²) in [6.07, 6.45) is 2.33. The lowest BCUT2D eigenvalue weighted by molar-refractivity contribution is 0.0947. The molecule has 1 aliphatic rings. The van der Waals surface area contributed by atoms with Gasteiger partial charge in [-0.05, 0) is 60.7 Å². The number of hydrogen-bond donors (Lipinski definition) is 1. The van der Waals surface area contributed by atoms with Crippen molar-refractivity contribution in [2.24, 2.45) is 0 Å². The van der Waals surface area contributed by atoms with E-state index in [1.807, 2.05) is 43.3 Å². The molecule has 0 radical (unpaired) electrons. The average molecular weight is 401 g/mol. The minimum atomic E-state index is -0.0711. The molecule has 0 bridgehead atoms. The van der Waals surface area contributed by atoms with E-state index in [0.717, 1.165) is 30.8 Å². The zero-order valence-corrected chi connectivity index (χ0v) is 17.4. The van der Waals surface area contributed by atoms with E-state index in [9.17, 15) is 4.79 Å². The SMILES string of the molecule is Cc1ccccc1OCCNC(=O)c1ccc(CN2CCCc3ccccc32)cc1. The van der Waals surface area contributed by atoms with Crippen LogP contribution in [0.1, 0.15) is 33.5 Å². The molecule has 0 aromatic heterocycles. The first-order valence-electron chi connectivity index (χ1n) is 10.6. The van der Waals surface area contributed by atoms with Gasteiger partial charge in [-0.3, -0.25) is 4.79 Å². The molecule has 0 aliphatic carbocycles. The molecule has 154 valence electrons. The van der Waals surface area contributed by atoms with Crippen molar-refractivity contribution >= 4 is 11.6 Å². The van der Waals surface area contributed by atoms with Crippen LogP contribution in [0.15, 0.2) is 72.8 Å². The molecule has 0 spiro atoms. The predicted octanol–water partition coefficient (Wildman–Crippen LogP) is 4.76. The van der Waals surface area contributed by atoms with Gasteiger partial charge in [-0.1, -0.05) is 48.5 Å². The molecule has 4 heteroatoms. The van der Waals surface area contributed by atoms with Crippen molar-refractivity contribution in [3.63, 3.8) is 0 Å². The third kappa shape index (κ3) is 4.82. The Hall–Kier alpha value is -3.27. The summed E-state index contributed by atoms with van der Waals surface area (Å²) in [6, 6.07) is 24.4. The highest BCUT2D eigenvalue weighted by atomic mass is 16.5. The molecule has 0 saturated carbocycles. The lowest BCUT2D eigenvalue weighted by atomic mass is 10.0. The van der Waals surface area contributed by atoms with E-state index in [2.05, 4.69) is 46.6 Å². The minimum Gasteiger partial charge on any atom is -0.491 e. The van der Waals surface area contributed by atoms with Gasteiger partial charge in [0.05, 0.1) is 6.54 Å². The summed E-state index contributed by atoms with van der Waals surface area (Å²) in [5, 5.41) is 2.93. The molecule has 4 nitrogen and oxygen atoms in total. The number of carbonyl (C=O) groups is 1. The molecule has 30 heavy (non-hydrogen) atoms. The van der Waals surface area contributed by atoms with Gasteiger partial charge in [0.2, 0.25) is 0 Å². The molecule has 3 aromatic carbocycles. The maximum absolute atomic E-state index is 12.4. The van der Waals surface area contributed by atoms with Crippen molar-refractivity contribution in [1.29, 1.82) is 0 Å². The van der Waals surface area contributed by atoms with E-state index >= 15 is 0 Å². The van der Waals surface area contributed by atoms with Gasteiger partial charge in [0.25, 0.3) is 5.91 Å². The number of benzene rings is 3. The minimum absolute atomic E-state index is 0.0711. The van der Waals surface area contributed by atoms with Gasteiger partial charge in [0, 0.05) is 24.3 Å². The number of hydrogen-bond acceptors (Lipinski definition) is 3. The van der Waals surface area contributed by atoms with Crippen molar-refractivity contribution < 1.29 is 9.53 Å². The van der Waals surface area contributed by atoms with Gasteiger partial charge < -0.3 is 15.0 Å². The van der Waals surface area contributed by atoms with E-state index < -0.39 is 0 Å². The Bertz CT molecular complexity index is 998. The van der Waals surface area contributed by atoms with Crippen LogP contribution in [0.2, 0.25) is 0 Å². The Morgan fingerprint density at radius 3 is 2.60 bits per heavy atom. The fourth-order valence-electron chi connectivity index (χ4n) is 3.90. The topological polar surface area (TPSA) is 41.6 Å². The fourth-order valence-corrected chi connectivity index (χ4v) is 3.90. The highest BCUT2D eigenvalue weighted by Crippen LogP contribution is 2.28. The van der Waals surface area contributed by atoms with Crippen LogP contribution in [0.25, 0.3) is 0 Å². The summed E-state index contributed by atoms with van der Waals surface area (Å²) in [6.45, 7) is 4.86. The van der Waals surface area contributed by atoms with Crippen LogP contribution >= 0.6 is 0 Å². The van der Waals surface area contributed by atoms with Gasteiger partial charge >= 0.3 is 0 Å². The Kier molecular flexibility index (Phi) is 6.33. The molecular weight excluding hydrogens is 372 g/mol. The second-order valence-corrected chi connectivity index (χ2v) is 7.72. The molecule has 3 aromatic rings. The Morgan fingerprint density at radius 2 is 1.77 bits per heavy atom. The van der Waals surface area contributed by atoms with Crippen LogP contribution < -0.4 is 15.0 Å². The number of rotatable bonds is 7. The maximum Gasteiger partial charge on any atom is 0.251 e. The molecule has 1 N–H and O–H groups in total. The summed E-state index contributed by atoms with van der Waals surface area (Å²) in [5.74, 6) is 0.786. The lowest BCUT2D eigenvalue weighted by Gasteiger charge is -2.31. The highest BCUT2D eigenvalue weighted by molar-refractivity contribution is 5.94. The van der Waals surface area contributed by atoms with Crippen molar-refractivity contribution in [2.75, 3.05) is 24.6 Å². The van der Waals surface area contributed by atoms with Gasteiger partial charge in [0.15, 0.2) is 0 Å². The number of aryl methyl sites for hydroxylation is 2. The summed E-state index contributed by atoms with van der Waals surface area (Å²) < 4.78 is 5.74. The Balaban J connectivity index is 1.28. The molecule has 1 heterocycles. The average Bonchev–Trinajstić information content (AvgIpc) is 2.78. The van der Waals surface area contributed by atoms with Crippen molar-refractivity contribution in [3.8, 4) is 5.75 Å². The molecule has 0 atom stereocenters. The fraction of sp³-hybridized carbons (Fsp3) is 0.269. The number of amides is 1. The van der Waals surface area contributed by atoms with E-state index in [1.54, 1.807) is 0 Å². The van der Waals surface area contributed by atoms with E-state index in [-0.39, 0.29) is 5.91 Å². The molecule has 1 amide bonds. The van der Waals surface area contributed by atoms with Gasteiger partial charge in [0.1, 0.15) is 12.4 Å². The van der Waals surface area contributed by atoms with Crippen LogP contribution in [-0.2, 0) is 13.0 Å². The quantitative estimate of drug-likeness (QED) is 0.582. The van der Waals surface area contributed by atoms with Gasteiger partial charge in [-0.2, -0.15) is 0 Å². The highest BCUT2D eigenvalue weighted by Gasteiger charge is 2.16. The van der Waals surface area contributed by atoms with E-state index in [1.165, 1.54) is 23.2 Å². The van der Waals surface area contributed by atoms with Crippen LogP contribution in [0, 0.1) is 6.92 Å². The van der Waals surface area contributed by atoms with E-state index in [0.29, 0.717) is 18.7 Å². The molecule has 0 saturated heterocycles. The smallest absolute Gasteiger partial charge is 0.251 e. The Morgan fingerprint density at radius 1 is 1.00 bits per heavy atom. The van der Waals surface area contributed by atoms with Crippen LogP contribution in [0.3, 0.4) is 0 Å². The van der Waals surface area contributed by atoms with Crippen LogP contribution in [-0.4, -0.2) is 25.6 Å². The lowest BCUT2D eigenvalue weighted by Crippen LogP contribution is -2.29. The van der Waals surface area contributed by atoms with E-state index in [4.69, 9.17) is 4.74 Å². The standard InChI is InChI=1S/C26H28N2O2/c1-20-7-2-5-11-25(20)30-18-16-27-26(29)23-14-12-21(13-15-23)19-28-17-6-9-22-8-3-4-10-24(22)28/h2-5,7-8,10-15H,6,9,16-19H2,1H3,(H,27,29). The normalized spacial score (nSPS) is 12.9. The third-order valence-electron chi connectivity index (χ3n) is 5.53. The monoisotopic (exact) mass is 400 g/mol. The first-order valence-corrected chi connectivity index (χ1v) is 10.6. The number of ether oxygens (including phenoxy) is 1. The predicted molar refractivity (Wildman–Crippen MR) is 121 cm³/mol. The molecule has 0 fully saturated rings. The summed E-state index contributed by atoms with van der Waals surface area (Å²) in [5.41, 5.74) is 5.74. The Labute approximate surface area is 178 Å².